The van der Waals surface area contributed by atoms with Crippen LogP contribution in [-0.4, -0.2) is 58.0 Å². The normalized spacial score (nSPS) is 25.8. The van der Waals surface area contributed by atoms with Gasteiger partial charge in [0.2, 0.25) is 5.91 Å². The highest BCUT2D eigenvalue weighted by atomic mass is 35.5. The third kappa shape index (κ3) is 5.57. The van der Waals surface area contributed by atoms with Crippen molar-refractivity contribution in [3.05, 3.63) is 99.9 Å². The molecule has 8 nitrogen and oxygen atoms in total. The molecule has 0 bridgehead atoms. The molecule has 3 aliphatic heterocycles. The summed E-state index contributed by atoms with van der Waals surface area (Å²) in [5, 5.41) is 6.01. The van der Waals surface area contributed by atoms with E-state index in [4.69, 9.17) is 16.0 Å². The Morgan fingerprint density at radius 2 is 1.91 bits per heavy atom. The predicted molar refractivity (Wildman–Crippen MR) is 156 cm³/mol. The van der Waals surface area contributed by atoms with Gasteiger partial charge in [0, 0.05) is 17.6 Å². The Bertz CT molecular complexity index is 1750. The first-order valence-electron chi connectivity index (χ1n) is 14.2. The van der Waals surface area contributed by atoms with Gasteiger partial charge in [-0.3, -0.25) is 15.0 Å². The van der Waals surface area contributed by atoms with E-state index >= 15 is 0 Å². The van der Waals surface area contributed by atoms with Gasteiger partial charge in [-0.15, -0.1) is 0 Å². The maximum absolute atomic E-state index is 14.8. The van der Waals surface area contributed by atoms with Crippen LogP contribution in [0.4, 0.5) is 22.0 Å². The zero-order valence-electron chi connectivity index (χ0n) is 23.5. The summed E-state index contributed by atoms with van der Waals surface area (Å²) in [6, 6.07) is 13.3. The lowest BCUT2D eigenvalue weighted by atomic mass is 9.82. The van der Waals surface area contributed by atoms with Crippen LogP contribution in [-0.2, 0) is 29.5 Å². The lowest BCUT2D eigenvalue weighted by molar-refractivity contribution is -0.687. The molecule has 0 spiro atoms. The van der Waals surface area contributed by atoms with E-state index < -0.39 is 41.2 Å². The number of carbonyl (C=O) groups excluding carboxylic acids is 1. The molecule has 3 aromatic carbocycles. The van der Waals surface area contributed by atoms with Crippen LogP contribution in [0.1, 0.15) is 22.3 Å². The first-order chi connectivity index (χ1) is 21.5. The molecule has 3 saturated heterocycles. The molecule has 0 saturated carbocycles. The molecular weight excluding hydrogens is 639 g/mol. The number of carbonyl (C=O) groups is 1. The molecule has 4 aromatic rings. The topological polar surface area (TPSA) is 90.2 Å². The quantitative estimate of drug-likeness (QED) is 0.212. The van der Waals surface area contributed by atoms with E-state index in [0.29, 0.717) is 30.1 Å². The standard InChI is InChI=1S/C30H26ClF5N6O2S/c31-19-3-1-2-16(4-19)7-24-39-28(40-45-24)29(18-8-20(32)10-21(33)9-18)14-37-11-25-41(26(43)13-42(25)29)12-17-5-22(30(34,35)36)27-23(6-17)38-15-44-27/h1-6,8-10,15,24-25,28,37,39-40H,7,11-14H2/p+1/t24?,25?,28?,29-/m1/s1. The Labute approximate surface area is 263 Å². The third-order valence-corrected chi connectivity index (χ3v) is 9.87. The molecule has 4 atom stereocenters. The molecule has 1 aromatic heterocycles. The number of hydrogen-bond donors (Lipinski definition) is 3. The van der Waals surface area contributed by atoms with E-state index in [-0.39, 0.29) is 41.0 Å². The smallest absolute Gasteiger partial charge is 0.420 e. The number of halogens is 6. The Kier molecular flexibility index (Phi) is 7.77. The summed E-state index contributed by atoms with van der Waals surface area (Å²) >= 11 is 7.62. The van der Waals surface area contributed by atoms with Crippen molar-refractivity contribution >= 4 is 40.6 Å². The molecule has 3 aliphatic rings. The number of nitrogens with zero attached hydrogens (tertiary/aromatic N) is 3. The number of nitrogens with two attached hydrogens (primary N) is 1. The van der Waals surface area contributed by atoms with Crippen molar-refractivity contribution in [3.63, 3.8) is 0 Å². The highest BCUT2D eigenvalue weighted by molar-refractivity contribution is 7.98. The van der Waals surface area contributed by atoms with Crippen LogP contribution in [0.25, 0.3) is 11.1 Å². The van der Waals surface area contributed by atoms with Gasteiger partial charge in [0.05, 0.1) is 18.1 Å². The number of amides is 1. The second kappa shape index (κ2) is 11.5. The minimum absolute atomic E-state index is 0.0326. The van der Waals surface area contributed by atoms with Gasteiger partial charge in [0.15, 0.2) is 12.0 Å². The summed E-state index contributed by atoms with van der Waals surface area (Å²) in [6.45, 7) is 0.546. The zero-order chi connectivity index (χ0) is 31.5. The summed E-state index contributed by atoms with van der Waals surface area (Å²) in [5.74, 6) is -1.82. The Morgan fingerprint density at radius 1 is 1.11 bits per heavy atom. The van der Waals surface area contributed by atoms with Gasteiger partial charge in [-0.2, -0.15) is 13.2 Å². The van der Waals surface area contributed by atoms with Crippen LogP contribution in [0.5, 0.6) is 0 Å². The number of aromatic nitrogens is 1. The second-order valence-corrected chi connectivity index (χ2v) is 12.9. The van der Waals surface area contributed by atoms with Crippen LogP contribution < -0.4 is 15.4 Å². The van der Waals surface area contributed by atoms with Gasteiger partial charge in [0.25, 0.3) is 0 Å². The molecule has 3 unspecified atom stereocenters. The Hall–Kier alpha value is -3.27. The number of nitrogens with one attached hydrogen (secondary N) is 2. The van der Waals surface area contributed by atoms with Crippen LogP contribution >= 0.6 is 23.5 Å². The fourth-order valence-corrected chi connectivity index (χ4v) is 8.04. The molecule has 4 heterocycles. The molecule has 45 heavy (non-hydrogen) atoms. The average Bonchev–Trinajstić information content (AvgIpc) is 3.71. The van der Waals surface area contributed by atoms with Crippen LogP contribution in [0.15, 0.2) is 65.4 Å². The van der Waals surface area contributed by atoms with Crippen molar-refractivity contribution in [2.24, 2.45) is 0 Å². The number of benzene rings is 3. The van der Waals surface area contributed by atoms with E-state index in [0.717, 1.165) is 24.1 Å². The van der Waals surface area contributed by atoms with Crippen molar-refractivity contribution < 1.29 is 36.5 Å². The molecule has 0 aliphatic carbocycles. The van der Waals surface area contributed by atoms with Crippen molar-refractivity contribution in [1.82, 2.24) is 24.8 Å². The van der Waals surface area contributed by atoms with E-state index in [9.17, 15) is 26.7 Å². The largest absolute Gasteiger partial charge is 0.443 e. The van der Waals surface area contributed by atoms with Crippen LogP contribution in [0, 0.1) is 11.6 Å². The second-order valence-electron chi connectivity index (χ2n) is 11.4. The Morgan fingerprint density at radius 3 is 2.67 bits per heavy atom. The maximum atomic E-state index is 14.8. The van der Waals surface area contributed by atoms with Gasteiger partial charge in [0.1, 0.15) is 47.5 Å². The lowest BCUT2D eigenvalue weighted by Gasteiger charge is -2.50. The summed E-state index contributed by atoms with van der Waals surface area (Å²) in [4.78, 5) is 21.0. The monoisotopic (exact) mass is 665 g/mol. The Balaban J connectivity index is 1.23. The van der Waals surface area contributed by atoms with Crippen molar-refractivity contribution in [2.75, 3.05) is 19.6 Å². The van der Waals surface area contributed by atoms with E-state index in [2.05, 4.69) is 15.0 Å². The van der Waals surface area contributed by atoms with Gasteiger partial charge in [-0.05, 0) is 59.5 Å². The molecule has 0 radical (unpaired) electrons. The molecule has 3 fully saturated rings. The van der Waals surface area contributed by atoms with Gasteiger partial charge in [-0.1, -0.05) is 35.7 Å². The molecule has 1 amide bonds. The number of hydrogen-bond acceptors (Lipinski definition) is 7. The molecule has 236 valence electrons. The van der Waals surface area contributed by atoms with Gasteiger partial charge >= 0.3 is 6.18 Å². The summed E-state index contributed by atoms with van der Waals surface area (Å²) in [5.41, 5.74) is -0.850. The number of fused-ring (bicyclic) bond motifs is 2. The number of oxazole rings is 1. The zero-order valence-corrected chi connectivity index (χ0v) is 25.0. The maximum Gasteiger partial charge on any atom is 0.420 e. The van der Waals surface area contributed by atoms with Gasteiger partial charge in [-0.25, -0.2) is 18.5 Å². The highest BCUT2D eigenvalue weighted by Crippen LogP contribution is 2.42. The number of quaternary nitrogens is 1. The van der Waals surface area contributed by atoms with Crippen LogP contribution in [0.3, 0.4) is 0 Å². The van der Waals surface area contributed by atoms with Gasteiger partial charge < -0.3 is 14.6 Å². The minimum Gasteiger partial charge on any atom is -0.443 e. The molecule has 4 N–H and O–H groups in total. The minimum atomic E-state index is -4.69. The first-order valence-corrected chi connectivity index (χ1v) is 15.5. The number of piperazine rings is 1. The average molecular weight is 666 g/mol. The fraction of sp³-hybridized carbons (Fsp3) is 0.333. The highest BCUT2D eigenvalue weighted by Gasteiger charge is 2.59. The van der Waals surface area contributed by atoms with E-state index in [1.54, 1.807) is 6.07 Å². The molecule has 7 rings (SSSR count). The van der Waals surface area contributed by atoms with E-state index in [1.807, 2.05) is 28.4 Å². The van der Waals surface area contributed by atoms with Crippen LogP contribution in [0.2, 0.25) is 5.02 Å². The summed E-state index contributed by atoms with van der Waals surface area (Å²) < 4.78 is 79.6. The number of rotatable bonds is 6. The first kappa shape index (κ1) is 30.4. The van der Waals surface area contributed by atoms with Crippen molar-refractivity contribution in [2.45, 2.75) is 42.4 Å². The third-order valence-electron chi connectivity index (χ3n) is 8.67. The summed E-state index contributed by atoms with van der Waals surface area (Å²) in [7, 11) is 0. The fourth-order valence-electron chi connectivity index (χ4n) is 6.78. The predicted octanol–water partition coefficient (Wildman–Crippen LogP) is 3.96. The number of alkyl halides is 3. The molecular formula is C30H27ClF5N6O2S+. The van der Waals surface area contributed by atoms with Crippen molar-refractivity contribution in [3.8, 4) is 0 Å². The SMILES string of the molecule is O=C1CN2C(C[NH2+]C[C@@]2(c2cc(F)cc(F)c2)C2NSC(Cc3cccc(Cl)c3)N2)N1Cc1cc(C(F)(F)F)c2ocnc2c1. The van der Waals surface area contributed by atoms with E-state index in [1.165, 1.54) is 35.0 Å². The lowest BCUT2D eigenvalue weighted by Crippen LogP contribution is -2.97. The summed E-state index contributed by atoms with van der Waals surface area (Å²) in [6.07, 6.45) is -4.27. The van der Waals surface area contributed by atoms with Crippen molar-refractivity contribution in [1.29, 1.82) is 0 Å². The molecule has 15 heteroatoms.